The second kappa shape index (κ2) is 3.50. The molecule has 0 rings (SSSR count). The molecule has 0 aliphatic heterocycles. The van der Waals surface area contributed by atoms with Crippen LogP contribution in [0.5, 0.6) is 0 Å². The van der Waals surface area contributed by atoms with Gasteiger partial charge in [0.2, 0.25) is 0 Å². The molecule has 2 heteroatoms. The van der Waals surface area contributed by atoms with Crippen molar-refractivity contribution in [3.8, 4) is 0 Å². The Kier molecular flexibility index (Phi) is 3.68. The molecule has 1 nitrogen and oxygen atoms in total. The molecule has 0 atom stereocenters. The zero-order valence-electron chi connectivity index (χ0n) is 4.27. The molecule has 0 aliphatic rings. The summed E-state index contributed by atoms with van der Waals surface area (Å²) in [6.45, 7) is 3.14. The zero-order chi connectivity index (χ0) is 4.99. The Bertz CT molecular complexity index is 28.7. The average Bonchev–Trinajstić information content (AvgIpc) is 1.35. The summed E-state index contributed by atoms with van der Waals surface area (Å²) in [4.78, 5) is 0. The summed E-state index contributed by atoms with van der Waals surface area (Å²) in [5, 5.41) is 0. The van der Waals surface area contributed by atoms with Gasteiger partial charge in [0.15, 0.2) is 0 Å². The van der Waals surface area contributed by atoms with E-state index in [9.17, 15) is 0 Å². The van der Waals surface area contributed by atoms with Crippen LogP contribution >= 0.6 is 12.8 Å². The molecule has 6 heavy (non-hydrogen) atoms. The summed E-state index contributed by atoms with van der Waals surface area (Å²) in [6, 6.07) is 0. The molecule has 0 fully saturated rings. The van der Waals surface area contributed by atoms with Crippen LogP contribution in [0.4, 0.5) is 0 Å². The molecule has 0 aromatic rings. The van der Waals surface area contributed by atoms with Crippen molar-refractivity contribution < 1.29 is 0 Å². The molecule has 0 heterocycles. The summed E-state index contributed by atoms with van der Waals surface area (Å²) in [7, 11) is 1.90. The Labute approximate surface area is 44.9 Å². The van der Waals surface area contributed by atoms with Crippen LogP contribution in [0.25, 0.3) is 0 Å². The van der Waals surface area contributed by atoms with Gasteiger partial charge in [-0.05, 0) is 13.5 Å². The van der Waals surface area contributed by atoms with Gasteiger partial charge in [0.05, 0.1) is 0 Å². The fraction of sp³-hybridized carbons (Fsp3) is 1.00. The quantitative estimate of drug-likeness (QED) is 0.512. The molecular formula is C4H10NS. The first-order chi connectivity index (χ1) is 2.77. The Morgan fingerprint density at radius 1 is 1.67 bits per heavy atom. The number of hydrogen-bond acceptors (Lipinski definition) is 1. The Morgan fingerprint density at radius 2 is 2.17 bits per heavy atom. The SMILES string of the molecule is CCCN(C)[S]. The summed E-state index contributed by atoms with van der Waals surface area (Å²) >= 11 is 4.71. The van der Waals surface area contributed by atoms with Gasteiger partial charge in [-0.3, -0.25) is 0 Å². The molecule has 0 unspecified atom stereocenters. The lowest BCUT2D eigenvalue weighted by molar-refractivity contribution is 0.566. The molecule has 0 saturated carbocycles. The maximum absolute atomic E-state index is 4.71. The fourth-order valence-electron chi connectivity index (χ4n) is 0.315. The van der Waals surface area contributed by atoms with E-state index in [2.05, 4.69) is 6.92 Å². The molecule has 0 spiro atoms. The second-order valence-electron chi connectivity index (χ2n) is 1.35. The Morgan fingerprint density at radius 3 is 2.17 bits per heavy atom. The van der Waals surface area contributed by atoms with Gasteiger partial charge in [-0.25, -0.2) is 4.31 Å². The van der Waals surface area contributed by atoms with Crippen LogP contribution in [0.2, 0.25) is 0 Å². The minimum atomic E-state index is 1.02. The van der Waals surface area contributed by atoms with Gasteiger partial charge in [0, 0.05) is 19.4 Å². The van der Waals surface area contributed by atoms with Gasteiger partial charge >= 0.3 is 0 Å². The second-order valence-corrected chi connectivity index (χ2v) is 1.97. The fourth-order valence-corrected chi connectivity index (χ4v) is 0.497. The molecule has 1 radical (unpaired) electrons. The normalized spacial score (nSPS) is 10.0. The van der Waals surface area contributed by atoms with Crippen LogP contribution < -0.4 is 0 Å². The predicted molar refractivity (Wildman–Crippen MR) is 30.5 cm³/mol. The monoisotopic (exact) mass is 104 g/mol. The summed E-state index contributed by atoms with van der Waals surface area (Å²) in [5.74, 6) is 0. The minimum Gasteiger partial charge on any atom is -0.243 e. The maximum Gasteiger partial charge on any atom is 0.00919 e. The van der Waals surface area contributed by atoms with Crippen molar-refractivity contribution in [1.29, 1.82) is 0 Å². The third kappa shape index (κ3) is 4.31. The molecule has 0 aromatic heterocycles. The zero-order valence-corrected chi connectivity index (χ0v) is 5.09. The lowest BCUT2D eigenvalue weighted by atomic mass is 10.5. The highest BCUT2D eigenvalue weighted by Gasteiger charge is 1.82. The van der Waals surface area contributed by atoms with Crippen LogP contribution in [0, 0.1) is 0 Å². The van der Waals surface area contributed by atoms with Crippen LogP contribution in [0.15, 0.2) is 0 Å². The highest BCUT2D eigenvalue weighted by Crippen LogP contribution is 1.86. The van der Waals surface area contributed by atoms with Crippen molar-refractivity contribution in [2.45, 2.75) is 13.3 Å². The molecule has 0 bridgehead atoms. The molecule has 37 valence electrons. The smallest absolute Gasteiger partial charge is 0.00919 e. The van der Waals surface area contributed by atoms with Crippen molar-refractivity contribution in [1.82, 2.24) is 4.31 Å². The first-order valence-electron chi connectivity index (χ1n) is 2.15. The van der Waals surface area contributed by atoms with E-state index in [-0.39, 0.29) is 0 Å². The van der Waals surface area contributed by atoms with E-state index in [0.29, 0.717) is 0 Å². The average molecular weight is 104 g/mol. The van der Waals surface area contributed by atoms with Gasteiger partial charge in [-0.15, -0.1) is 0 Å². The summed E-state index contributed by atoms with van der Waals surface area (Å²) in [6.07, 6.45) is 1.15. The van der Waals surface area contributed by atoms with E-state index >= 15 is 0 Å². The highest BCUT2D eigenvalue weighted by atomic mass is 32.1. The number of nitrogens with zero attached hydrogens (tertiary/aromatic N) is 1. The van der Waals surface area contributed by atoms with Gasteiger partial charge in [-0.1, -0.05) is 6.92 Å². The molecule has 0 saturated heterocycles. The van der Waals surface area contributed by atoms with Crippen molar-refractivity contribution >= 4 is 12.8 Å². The first-order valence-corrected chi connectivity index (χ1v) is 2.52. The topological polar surface area (TPSA) is 3.24 Å². The Hall–Kier alpha value is 0.310. The van der Waals surface area contributed by atoms with Crippen molar-refractivity contribution in [2.24, 2.45) is 0 Å². The molecule has 0 amide bonds. The van der Waals surface area contributed by atoms with E-state index in [1.807, 2.05) is 7.05 Å². The van der Waals surface area contributed by atoms with E-state index in [1.165, 1.54) is 0 Å². The van der Waals surface area contributed by atoms with E-state index < -0.39 is 0 Å². The maximum atomic E-state index is 4.71. The van der Waals surface area contributed by atoms with Gasteiger partial charge in [-0.2, -0.15) is 0 Å². The van der Waals surface area contributed by atoms with E-state index in [0.717, 1.165) is 13.0 Å². The van der Waals surface area contributed by atoms with Crippen LogP contribution in [0.3, 0.4) is 0 Å². The van der Waals surface area contributed by atoms with Gasteiger partial charge < -0.3 is 0 Å². The third-order valence-electron chi connectivity index (χ3n) is 0.539. The molecule has 0 aromatic carbocycles. The molecular weight excluding hydrogens is 94.1 g/mol. The largest absolute Gasteiger partial charge is 0.243 e. The van der Waals surface area contributed by atoms with E-state index in [1.54, 1.807) is 4.31 Å². The van der Waals surface area contributed by atoms with Gasteiger partial charge in [0.25, 0.3) is 0 Å². The summed E-state index contributed by atoms with van der Waals surface area (Å²) < 4.78 is 1.76. The molecule has 0 aliphatic carbocycles. The van der Waals surface area contributed by atoms with Crippen LogP contribution in [-0.2, 0) is 0 Å². The lowest BCUT2D eigenvalue weighted by Crippen LogP contribution is -2.04. The minimum absolute atomic E-state index is 1.02. The third-order valence-corrected chi connectivity index (χ3v) is 0.721. The standard InChI is InChI=1S/C4H10NS/c1-3-4-5(2)6/h3-4H2,1-2H3. The number of hydrogen-bond donors (Lipinski definition) is 0. The Balaban J connectivity index is 2.63. The highest BCUT2D eigenvalue weighted by molar-refractivity contribution is 7.77. The van der Waals surface area contributed by atoms with Crippen LogP contribution in [-0.4, -0.2) is 17.9 Å². The van der Waals surface area contributed by atoms with Crippen molar-refractivity contribution in [2.75, 3.05) is 13.6 Å². The summed E-state index contributed by atoms with van der Waals surface area (Å²) in [5.41, 5.74) is 0. The van der Waals surface area contributed by atoms with Crippen LogP contribution in [0.1, 0.15) is 13.3 Å². The van der Waals surface area contributed by atoms with E-state index in [4.69, 9.17) is 12.8 Å². The predicted octanol–water partition coefficient (Wildman–Crippen LogP) is 1.44. The van der Waals surface area contributed by atoms with Gasteiger partial charge in [0.1, 0.15) is 0 Å². The number of rotatable bonds is 2. The van der Waals surface area contributed by atoms with Crippen molar-refractivity contribution in [3.63, 3.8) is 0 Å². The first kappa shape index (κ1) is 6.31. The molecule has 0 N–H and O–H groups in total. The van der Waals surface area contributed by atoms with Crippen molar-refractivity contribution in [3.05, 3.63) is 0 Å². The lowest BCUT2D eigenvalue weighted by Gasteiger charge is -2.00.